The lowest BCUT2D eigenvalue weighted by molar-refractivity contribution is 0.0696. The molecule has 1 aromatic rings. The average Bonchev–Trinajstić information content (AvgIpc) is 2.28. The van der Waals surface area contributed by atoms with Crippen LogP contribution in [0.2, 0.25) is 0 Å². The highest BCUT2D eigenvalue weighted by Crippen LogP contribution is 2.12. The van der Waals surface area contributed by atoms with Gasteiger partial charge >= 0.3 is 5.97 Å². The Hall–Kier alpha value is -1.76. The van der Waals surface area contributed by atoms with E-state index in [1.165, 1.54) is 17.0 Å². The average molecular weight is 246 g/mol. The van der Waals surface area contributed by atoms with Crippen LogP contribution in [-0.2, 0) is 0 Å². The first-order valence-corrected chi connectivity index (χ1v) is 4.88. The van der Waals surface area contributed by atoms with Crippen LogP contribution in [0.25, 0.3) is 0 Å². The van der Waals surface area contributed by atoms with E-state index < -0.39 is 18.9 Å². The number of anilines is 1. The van der Waals surface area contributed by atoms with Crippen LogP contribution in [0.5, 0.6) is 0 Å². The van der Waals surface area contributed by atoms with Gasteiger partial charge in [0.15, 0.2) is 0 Å². The van der Waals surface area contributed by atoms with Crippen molar-refractivity contribution >= 4 is 11.8 Å². The third kappa shape index (κ3) is 3.95. The smallest absolute Gasteiger partial charge is 0.337 e. The molecule has 94 valence electrons. The van der Waals surface area contributed by atoms with E-state index in [1.54, 1.807) is 0 Å². The minimum Gasteiger partial charge on any atom is -0.478 e. The maximum absolute atomic E-state index is 12.3. The van der Waals surface area contributed by atoms with Crippen molar-refractivity contribution in [1.29, 1.82) is 0 Å². The Bertz CT molecular complexity index is 370. The number of pyridine rings is 1. The van der Waals surface area contributed by atoms with Crippen LogP contribution in [0.15, 0.2) is 18.3 Å². The summed E-state index contributed by atoms with van der Waals surface area (Å²) in [4.78, 5) is 15.5. The number of halogens is 2. The molecule has 1 rings (SSSR count). The van der Waals surface area contributed by atoms with Gasteiger partial charge in [-0.1, -0.05) is 0 Å². The lowest BCUT2D eigenvalue weighted by Crippen LogP contribution is -2.32. The van der Waals surface area contributed by atoms with Gasteiger partial charge in [0.25, 0.3) is 6.43 Å². The summed E-state index contributed by atoms with van der Waals surface area (Å²) >= 11 is 0. The van der Waals surface area contributed by atoms with Crippen LogP contribution in [0.1, 0.15) is 10.4 Å². The molecule has 0 atom stereocenters. The molecule has 0 bridgehead atoms. The molecule has 2 N–H and O–H groups in total. The second-order valence-corrected chi connectivity index (χ2v) is 3.27. The lowest BCUT2D eigenvalue weighted by atomic mass is 10.3. The van der Waals surface area contributed by atoms with E-state index in [-0.39, 0.29) is 24.5 Å². The first kappa shape index (κ1) is 13.3. The molecule has 17 heavy (non-hydrogen) atoms. The fourth-order valence-electron chi connectivity index (χ4n) is 1.29. The van der Waals surface area contributed by atoms with Crippen LogP contribution < -0.4 is 4.90 Å². The van der Waals surface area contributed by atoms with Crippen molar-refractivity contribution in [2.45, 2.75) is 6.43 Å². The van der Waals surface area contributed by atoms with E-state index in [0.29, 0.717) is 0 Å². The number of carbonyl (C=O) groups is 1. The van der Waals surface area contributed by atoms with Gasteiger partial charge in [0.2, 0.25) is 0 Å². The van der Waals surface area contributed by atoms with Crippen LogP contribution in [0.3, 0.4) is 0 Å². The molecule has 0 aliphatic rings. The van der Waals surface area contributed by atoms with Gasteiger partial charge in [-0.05, 0) is 12.1 Å². The summed E-state index contributed by atoms with van der Waals surface area (Å²) in [6.45, 7) is -0.821. The second kappa shape index (κ2) is 6.09. The summed E-state index contributed by atoms with van der Waals surface area (Å²) in [5.74, 6) is -0.920. The zero-order valence-electron chi connectivity index (χ0n) is 8.88. The fraction of sp³-hybridized carbons (Fsp3) is 0.400. The number of aromatic nitrogens is 1. The topological polar surface area (TPSA) is 73.7 Å². The molecule has 0 saturated carbocycles. The number of hydrogen-bond donors (Lipinski definition) is 2. The summed E-state index contributed by atoms with van der Waals surface area (Å²) < 4.78 is 24.5. The lowest BCUT2D eigenvalue weighted by Gasteiger charge is -2.22. The molecule has 0 saturated heterocycles. The Kier molecular flexibility index (Phi) is 4.77. The van der Waals surface area contributed by atoms with E-state index in [1.807, 2.05) is 0 Å². The number of alkyl halides is 2. The van der Waals surface area contributed by atoms with Crippen molar-refractivity contribution in [1.82, 2.24) is 4.98 Å². The first-order chi connectivity index (χ1) is 8.04. The molecule has 0 unspecified atom stereocenters. The van der Waals surface area contributed by atoms with Gasteiger partial charge in [-0.15, -0.1) is 0 Å². The molecule has 1 aromatic heterocycles. The van der Waals surface area contributed by atoms with Crippen molar-refractivity contribution in [3.8, 4) is 0 Å². The summed E-state index contributed by atoms with van der Waals surface area (Å²) in [7, 11) is 0. The monoisotopic (exact) mass is 246 g/mol. The number of hydrogen-bond acceptors (Lipinski definition) is 4. The number of aromatic carboxylic acids is 1. The Balaban J connectivity index is 2.83. The predicted octanol–water partition coefficient (Wildman–Crippen LogP) is 0.844. The zero-order chi connectivity index (χ0) is 12.8. The number of rotatable bonds is 6. The van der Waals surface area contributed by atoms with Gasteiger partial charge in [-0.25, -0.2) is 18.6 Å². The Labute approximate surface area is 96.3 Å². The first-order valence-electron chi connectivity index (χ1n) is 4.88. The third-order valence-corrected chi connectivity index (χ3v) is 2.05. The Morgan fingerprint density at radius 3 is 2.59 bits per heavy atom. The molecule has 0 spiro atoms. The van der Waals surface area contributed by atoms with Crippen molar-refractivity contribution in [2.24, 2.45) is 0 Å². The molecule has 0 amide bonds. The van der Waals surface area contributed by atoms with E-state index >= 15 is 0 Å². The highest BCUT2D eigenvalue weighted by atomic mass is 19.3. The Morgan fingerprint density at radius 2 is 2.18 bits per heavy atom. The minimum absolute atomic E-state index is 0.0176. The van der Waals surface area contributed by atoms with Crippen molar-refractivity contribution < 1.29 is 23.8 Å². The van der Waals surface area contributed by atoms with Crippen LogP contribution >= 0.6 is 0 Å². The zero-order valence-corrected chi connectivity index (χ0v) is 8.88. The summed E-state index contributed by atoms with van der Waals surface area (Å²) in [6.07, 6.45) is -1.46. The molecule has 7 heteroatoms. The highest BCUT2D eigenvalue weighted by Gasteiger charge is 2.14. The van der Waals surface area contributed by atoms with Gasteiger partial charge in [-0.2, -0.15) is 0 Å². The van der Waals surface area contributed by atoms with Gasteiger partial charge in [0, 0.05) is 12.7 Å². The van der Waals surface area contributed by atoms with Gasteiger partial charge < -0.3 is 15.1 Å². The highest BCUT2D eigenvalue weighted by molar-refractivity contribution is 5.87. The molecule has 0 fully saturated rings. The van der Waals surface area contributed by atoms with Crippen LogP contribution in [-0.4, -0.2) is 47.3 Å². The maximum Gasteiger partial charge on any atom is 0.337 e. The van der Waals surface area contributed by atoms with Crippen molar-refractivity contribution in [2.75, 3.05) is 24.6 Å². The number of carboxylic acid groups (broad SMARTS) is 1. The van der Waals surface area contributed by atoms with E-state index in [4.69, 9.17) is 10.2 Å². The third-order valence-electron chi connectivity index (χ3n) is 2.05. The van der Waals surface area contributed by atoms with E-state index in [0.717, 1.165) is 6.20 Å². The van der Waals surface area contributed by atoms with E-state index in [2.05, 4.69) is 4.98 Å². The molecule has 0 aliphatic carbocycles. The fourth-order valence-corrected chi connectivity index (χ4v) is 1.29. The SMILES string of the molecule is O=C(O)c1ccc(N(CCO)CC(F)F)nc1. The van der Waals surface area contributed by atoms with Crippen molar-refractivity contribution in [3.05, 3.63) is 23.9 Å². The molecular weight excluding hydrogens is 234 g/mol. The van der Waals surface area contributed by atoms with Gasteiger partial charge in [-0.3, -0.25) is 0 Å². The molecule has 0 aromatic carbocycles. The van der Waals surface area contributed by atoms with Crippen LogP contribution in [0, 0.1) is 0 Å². The molecule has 5 nitrogen and oxygen atoms in total. The number of carboxylic acids is 1. The van der Waals surface area contributed by atoms with Gasteiger partial charge in [0.1, 0.15) is 5.82 Å². The summed E-state index contributed by atoms with van der Waals surface area (Å²) in [5.41, 5.74) is -0.0188. The van der Waals surface area contributed by atoms with Gasteiger partial charge in [0.05, 0.1) is 18.7 Å². The normalized spacial score (nSPS) is 10.6. The molecule has 0 aliphatic heterocycles. The second-order valence-electron chi connectivity index (χ2n) is 3.27. The minimum atomic E-state index is -2.55. The summed E-state index contributed by atoms with van der Waals surface area (Å²) in [5, 5.41) is 17.4. The molecule has 1 heterocycles. The van der Waals surface area contributed by atoms with E-state index in [9.17, 15) is 13.6 Å². The number of aliphatic hydroxyl groups excluding tert-OH is 1. The summed E-state index contributed by atoms with van der Waals surface area (Å²) in [6, 6.07) is 2.61. The largest absolute Gasteiger partial charge is 0.478 e. The number of nitrogens with zero attached hydrogens (tertiary/aromatic N) is 2. The maximum atomic E-state index is 12.3. The van der Waals surface area contributed by atoms with Crippen LogP contribution in [0.4, 0.5) is 14.6 Å². The number of aliphatic hydroxyl groups is 1. The molecule has 0 radical (unpaired) electrons. The quantitative estimate of drug-likeness (QED) is 0.778. The standard InChI is InChI=1S/C10H12F2N2O3/c11-8(12)6-14(3-4-15)9-2-1-7(5-13-9)10(16)17/h1-2,5,8,15H,3-4,6H2,(H,16,17). The Morgan fingerprint density at radius 1 is 1.47 bits per heavy atom. The van der Waals surface area contributed by atoms with Crippen molar-refractivity contribution in [3.63, 3.8) is 0 Å². The predicted molar refractivity (Wildman–Crippen MR) is 56.5 cm³/mol. The molecular formula is C10H12F2N2O3.